The Balaban J connectivity index is 1.57. The van der Waals surface area contributed by atoms with Gasteiger partial charge in [0.25, 0.3) is 0 Å². The smallest absolute Gasteiger partial charge is 0.192 e. The van der Waals surface area contributed by atoms with Crippen LogP contribution in [-0.4, -0.2) is 44.4 Å². The van der Waals surface area contributed by atoms with Crippen molar-refractivity contribution < 1.29 is 23.7 Å². The summed E-state index contributed by atoms with van der Waals surface area (Å²) in [6, 6.07) is 40.6. The fourth-order valence-corrected chi connectivity index (χ4v) is 6.75. The van der Waals surface area contributed by atoms with E-state index in [-0.39, 0.29) is 11.0 Å². The van der Waals surface area contributed by atoms with Crippen LogP contribution in [0.15, 0.2) is 127 Å². The predicted molar refractivity (Wildman–Crippen MR) is 192 cm³/mol. The van der Waals surface area contributed by atoms with Gasteiger partial charge in [-0.05, 0) is 46.0 Å². The molecule has 4 aromatic rings. The molecule has 1 fully saturated rings. The molecule has 1 aliphatic carbocycles. The molecular weight excluding hydrogens is 601 g/mol. The van der Waals surface area contributed by atoms with Crippen molar-refractivity contribution in [2.75, 3.05) is 6.61 Å². The van der Waals surface area contributed by atoms with Crippen molar-refractivity contribution in [2.45, 2.75) is 83.1 Å². The van der Waals surface area contributed by atoms with Gasteiger partial charge in [0.2, 0.25) is 0 Å². The van der Waals surface area contributed by atoms with Crippen molar-refractivity contribution in [2.24, 2.45) is 5.92 Å². The number of benzene rings is 4. The molecule has 4 aromatic carbocycles. The lowest BCUT2D eigenvalue weighted by atomic mass is 9.75. The van der Waals surface area contributed by atoms with E-state index >= 15 is 0 Å². The van der Waals surface area contributed by atoms with Gasteiger partial charge in [-0.1, -0.05) is 148 Å². The summed E-state index contributed by atoms with van der Waals surface area (Å²) in [5.41, 5.74) is 5.12. The second kappa shape index (κ2) is 16.2. The molecule has 0 unspecified atom stereocenters. The lowest BCUT2D eigenvalue weighted by molar-refractivity contribution is -0.196. The van der Waals surface area contributed by atoms with Gasteiger partial charge >= 0.3 is 0 Å². The van der Waals surface area contributed by atoms with E-state index in [1.54, 1.807) is 0 Å². The highest BCUT2D eigenvalue weighted by Gasteiger charge is 2.50. The molecule has 6 heteroatoms. The molecule has 0 radical (unpaired) electrons. The van der Waals surface area contributed by atoms with Gasteiger partial charge in [0, 0.05) is 12.5 Å². The highest BCUT2D eigenvalue weighted by atomic mass is 28.4. The van der Waals surface area contributed by atoms with Crippen LogP contribution in [0, 0.1) is 5.92 Å². The first-order valence-electron chi connectivity index (χ1n) is 16.7. The molecule has 5 rings (SSSR count). The molecule has 248 valence electrons. The van der Waals surface area contributed by atoms with Crippen molar-refractivity contribution in [3.05, 3.63) is 149 Å². The summed E-state index contributed by atoms with van der Waals surface area (Å²) < 4.78 is 27.2. The van der Waals surface area contributed by atoms with E-state index in [4.69, 9.17) is 18.6 Å². The lowest BCUT2D eigenvalue weighted by Crippen LogP contribution is -2.59. The highest BCUT2D eigenvalue weighted by Crippen LogP contribution is 2.42. The number of aliphatic hydroxyl groups is 1. The molecule has 1 N–H and O–H groups in total. The first-order chi connectivity index (χ1) is 22.6. The van der Waals surface area contributed by atoms with E-state index < -0.39 is 32.7 Å². The zero-order valence-corrected chi connectivity index (χ0v) is 29.4. The maximum absolute atomic E-state index is 12.3. The van der Waals surface area contributed by atoms with E-state index in [0.29, 0.717) is 26.4 Å². The third-order valence-electron chi connectivity index (χ3n) is 9.53. The molecule has 0 heterocycles. The zero-order chi connectivity index (χ0) is 33.3. The Hall–Kier alpha value is -3.36. The zero-order valence-electron chi connectivity index (χ0n) is 28.4. The molecule has 0 bridgehead atoms. The fourth-order valence-electron chi connectivity index (χ4n) is 5.72. The molecule has 0 spiro atoms. The minimum atomic E-state index is -2.16. The van der Waals surface area contributed by atoms with Gasteiger partial charge < -0.3 is 23.7 Å². The van der Waals surface area contributed by atoms with Crippen LogP contribution in [0.3, 0.4) is 0 Å². The van der Waals surface area contributed by atoms with Gasteiger partial charge in [-0.3, -0.25) is 0 Å². The summed E-state index contributed by atoms with van der Waals surface area (Å²) in [6.45, 7) is 12.8. The number of ether oxygens (including phenoxy) is 3. The average molecular weight is 651 g/mol. The Morgan fingerprint density at radius 2 is 1.04 bits per heavy atom. The van der Waals surface area contributed by atoms with E-state index in [0.717, 1.165) is 27.8 Å². The molecule has 1 saturated carbocycles. The number of hydrogen-bond acceptors (Lipinski definition) is 5. The average Bonchev–Trinajstić information content (AvgIpc) is 3.07. The molecule has 5 nitrogen and oxygen atoms in total. The molecule has 0 aromatic heterocycles. The van der Waals surface area contributed by atoms with Gasteiger partial charge in [0.05, 0.1) is 25.9 Å². The van der Waals surface area contributed by atoms with Gasteiger partial charge in [-0.25, -0.2) is 0 Å². The van der Waals surface area contributed by atoms with Crippen LogP contribution < -0.4 is 0 Å². The van der Waals surface area contributed by atoms with Crippen LogP contribution in [0.4, 0.5) is 0 Å². The van der Waals surface area contributed by atoms with Crippen LogP contribution in [0.2, 0.25) is 18.1 Å². The fraction of sp³-hybridized carbons (Fsp3) is 0.366. The minimum absolute atomic E-state index is 0.0251. The normalized spacial score (nSPS) is 22.8. The molecule has 0 aliphatic heterocycles. The summed E-state index contributed by atoms with van der Waals surface area (Å²) >= 11 is 0. The summed E-state index contributed by atoms with van der Waals surface area (Å²) in [5.74, 6) is -0.238. The van der Waals surface area contributed by atoms with Crippen LogP contribution in [0.1, 0.15) is 43.0 Å². The van der Waals surface area contributed by atoms with Crippen LogP contribution in [0.25, 0.3) is 6.08 Å². The third-order valence-corrected chi connectivity index (χ3v) is 14.0. The van der Waals surface area contributed by atoms with E-state index in [9.17, 15) is 5.11 Å². The first kappa shape index (κ1) is 35.0. The van der Waals surface area contributed by atoms with Crippen LogP contribution in [-0.2, 0) is 38.5 Å². The van der Waals surface area contributed by atoms with Gasteiger partial charge in [-0.2, -0.15) is 0 Å². The predicted octanol–water partition coefficient (Wildman–Crippen LogP) is 8.84. The van der Waals surface area contributed by atoms with Gasteiger partial charge in [-0.15, -0.1) is 0 Å². The lowest BCUT2D eigenvalue weighted by Gasteiger charge is -2.47. The number of hydrogen-bond donors (Lipinski definition) is 1. The molecule has 1 aliphatic rings. The van der Waals surface area contributed by atoms with Crippen LogP contribution >= 0.6 is 0 Å². The Bertz CT molecular complexity index is 1520. The maximum Gasteiger partial charge on any atom is 0.192 e. The van der Waals surface area contributed by atoms with Crippen molar-refractivity contribution in [3.8, 4) is 0 Å². The molecular formula is C41H50O5Si. The summed E-state index contributed by atoms with van der Waals surface area (Å²) in [5, 5.41) is 12.3. The second-order valence-electron chi connectivity index (χ2n) is 14.0. The van der Waals surface area contributed by atoms with E-state index in [1.807, 2.05) is 97.1 Å². The Kier molecular flexibility index (Phi) is 12.0. The van der Waals surface area contributed by atoms with E-state index in [2.05, 4.69) is 64.2 Å². The maximum atomic E-state index is 12.3. The number of rotatable bonds is 13. The Morgan fingerprint density at radius 3 is 1.51 bits per heavy atom. The summed E-state index contributed by atoms with van der Waals surface area (Å²) in [6.07, 6.45) is -0.626. The quantitative estimate of drug-likeness (QED) is 0.147. The first-order valence-corrected chi connectivity index (χ1v) is 19.6. The Labute approximate surface area is 282 Å². The Morgan fingerprint density at radius 1 is 0.617 bits per heavy atom. The molecule has 0 saturated heterocycles. The topological polar surface area (TPSA) is 57.2 Å². The standard InChI is InChI=1S/C41H50O5Si/c1-41(2,3)47(4,5)46-30-36-35(26-31-18-10-6-11-19-31)38(43-27-32-20-12-7-13-21-32)37(42)40(45-29-34-24-16-9-17-25-34)39(36)44-28-33-22-14-8-15-23-33/h6-26,36-40,42H,27-30H2,1-5H3/b35-26+/t36-,37+,38-,39+,40+/m0/s1. The minimum Gasteiger partial charge on any atom is -0.416 e. The highest BCUT2D eigenvalue weighted by molar-refractivity contribution is 6.74. The largest absolute Gasteiger partial charge is 0.416 e. The van der Waals surface area contributed by atoms with Crippen molar-refractivity contribution in [3.63, 3.8) is 0 Å². The summed E-state index contributed by atoms with van der Waals surface area (Å²) in [7, 11) is -2.16. The summed E-state index contributed by atoms with van der Waals surface area (Å²) in [4.78, 5) is 0. The van der Waals surface area contributed by atoms with Crippen molar-refractivity contribution in [1.82, 2.24) is 0 Å². The third kappa shape index (κ3) is 9.38. The molecule has 5 atom stereocenters. The van der Waals surface area contributed by atoms with E-state index in [1.165, 1.54) is 0 Å². The molecule has 47 heavy (non-hydrogen) atoms. The van der Waals surface area contributed by atoms with Crippen molar-refractivity contribution >= 4 is 14.4 Å². The van der Waals surface area contributed by atoms with Crippen LogP contribution in [0.5, 0.6) is 0 Å². The second-order valence-corrected chi connectivity index (χ2v) is 18.8. The SMILES string of the molecule is CC(C)(C)[Si](C)(C)OC[C@H]1/C(=C\c2ccccc2)[C@H](OCc2ccccc2)[C@@H](O)[C@@H](OCc2ccccc2)[C@@H]1OCc1ccccc1. The molecule has 0 amide bonds. The van der Waals surface area contributed by atoms with Gasteiger partial charge in [0.1, 0.15) is 18.3 Å². The van der Waals surface area contributed by atoms with Crippen molar-refractivity contribution in [1.29, 1.82) is 0 Å². The monoisotopic (exact) mass is 650 g/mol. The number of aliphatic hydroxyl groups excluding tert-OH is 1. The van der Waals surface area contributed by atoms with Gasteiger partial charge in [0.15, 0.2) is 8.32 Å².